The topological polar surface area (TPSA) is 254 Å². The van der Waals surface area contributed by atoms with E-state index in [9.17, 15) is 47.9 Å². The molecule has 0 fully saturated rings. The van der Waals surface area contributed by atoms with Crippen molar-refractivity contribution in [2.45, 2.75) is 99.5 Å². The monoisotopic (exact) mass is 1020 g/mol. The second kappa shape index (κ2) is 29.8. The summed E-state index contributed by atoms with van der Waals surface area (Å²) in [5, 5.41) is 2.79. The van der Waals surface area contributed by atoms with Crippen LogP contribution in [-0.4, -0.2) is 102 Å². The molecule has 0 unspecified atom stereocenters. The number of nitrogens with one attached hydrogen (secondary N) is 1. The normalized spacial score (nSPS) is 10.5. The fraction of sp³-hybridized carbons (Fsp3) is 0.370. The number of ether oxygens (including phenoxy) is 7. The van der Waals surface area contributed by atoms with Crippen molar-refractivity contribution < 1.29 is 81.1 Å². The zero-order valence-electron chi connectivity index (χ0n) is 42.3. The summed E-state index contributed by atoms with van der Waals surface area (Å²) in [6, 6.07) is 21.8. The second-order valence-electron chi connectivity index (χ2n) is 16.7. The largest absolute Gasteiger partial charge is 0.459 e. The van der Waals surface area contributed by atoms with E-state index in [1.165, 1.54) is 73.3 Å². The van der Waals surface area contributed by atoms with Gasteiger partial charge in [-0.2, -0.15) is 0 Å². The summed E-state index contributed by atoms with van der Waals surface area (Å²) in [5.74, 6) is -7.77. The maximum absolute atomic E-state index is 14.3. The summed E-state index contributed by atoms with van der Waals surface area (Å²) in [4.78, 5) is 129. The van der Waals surface area contributed by atoms with E-state index in [0.717, 1.165) is 33.3 Å². The minimum atomic E-state index is -0.776. The van der Waals surface area contributed by atoms with Crippen molar-refractivity contribution in [3.8, 4) is 34.5 Å². The van der Waals surface area contributed by atoms with Crippen molar-refractivity contribution >= 4 is 59.5 Å². The van der Waals surface area contributed by atoms with Gasteiger partial charge in [0.1, 0.15) is 13.2 Å². The molecule has 74 heavy (non-hydrogen) atoms. The molecule has 0 atom stereocenters. The SMILES string of the molecule is CC(=O)Oc1cccc(C(=O)NCCCCCCN(CCCCCCN(CC(=O)OCc2ccccc2)C(=O)c2cccc(OC(C)=O)c2OC(C)=O)C(=O)c2cccc(OC(C)=O)c2OC(C)=O)c1OC(C)=O. The van der Waals surface area contributed by atoms with Gasteiger partial charge in [-0.15, -0.1) is 0 Å². The number of hydrogen-bond donors (Lipinski definition) is 1. The van der Waals surface area contributed by atoms with Crippen molar-refractivity contribution in [3.05, 3.63) is 107 Å². The molecule has 3 amide bonds. The molecule has 4 rings (SSSR count). The maximum atomic E-state index is 14.3. The van der Waals surface area contributed by atoms with Crippen molar-refractivity contribution in [1.82, 2.24) is 15.1 Å². The van der Waals surface area contributed by atoms with Crippen LogP contribution in [0.15, 0.2) is 84.9 Å². The lowest BCUT2D eigenvalue weighted by atomic mass is 10.1. The molecular formula is C54H61N3O17. The molecule has 0 aliphatic carbocycles. The molecule has 0 heterocycles. The fourth-order valence-corrected chi connectivity index (χ4v) is 7.40. The number of rotatable bonds is 27. The van der Waals surface area contributed by atoms with Crippen LogP contribution in [0.5, 0.6) is 34.5 Å². The van der Waals surface area contributed by atoms with Crippen LogP contribution >= 0.6 is 0 Å². The first-order valence-electron chi connectivity index (χ1n) is 23.9. The Morgan fingerprint density at radius 2 is 0.784 bits per heavy atom. The predicted molar refractivity (Wildman–Crippen MR) is 264 cm³/mol. The fourth-order valence-electron chi connectivity index (χ4n) is 7.40. The van der Waals surface area contributed by atoms with Crippen molar-refractivity contribution in [2.75, 3.05) is 32.7 Å². The summed E-state index contributed by atoms with van der Waals surface area (Å²) in [6.07, 6.45) is 4.28. The molecule has 4 aromatic carbocycles. The van der Waals surface area contributed by atoms with Crippen LogP contribution in [0.4, 0.5) is 0 Å². The minimum Gasteiger partial charge on any atom is -0.459 e. The van der Waals surface area contributed by atoms with Gasteiger partial charge in [0.25, 0.3) is 17.7 Å². The molecule has 20 nitrogen and oxygen atoms in total. The summed E-state index contributed by atoms with van der Waals surface area (Å²) >= 11 is 0. The van der Waals surface area contributed by atoms with Gasteiger partial charge in [-0.3, -0.25) is 47.9 Å². The Bertz CT molecular complexity index is 2670. The lowest BCUT2D eigenvalue weighted by Crippen LogP contribution is -2.37. The highest BCUT2D eigenvalue weighted by Crippen LogP contribution is 2.35. The smallest absolute Gasteiger partial charge is 0.325 e. The molecule has 0 aromatic heterocycles. The highest BCUT2D eigenvalue weighted by molar-refractivity contribution is 6.01. The van der Waals surface area contributed by atoms with Crippen LogP contribution < -0.4 is 33.7 Å². The molecule has 0 aliphatic heterocycles. The minimum absolute atomic E-state index is 0.00201. The number of unbranched alkanes of at least 4 members (excludes halogenated alkanes) is 6. The van der Waals surface area contributed by atoms with Crippen LogP contribution in [0.2, 0.25) is 0 Å². The van der Waals surface area contributed by atoms with Gasteiger partial charge < -0.3 is 48.3 Å². The molecule has 4 aromatic rings. The first-order valence-corrected chi connectivity index (χ1v) is 23.9. The first-order chi connectivity index (χ1) is 35.3. The van der Waals surface area contributed by atoms with E-state index in [1.807, 2.05) is 6.07 Å². The van der Waals surface area contributed by atoms with Gasteiger partial charge in [0.2, 0.25) is 0 Å². The van der Waals surface area contributed by atoms with Gasteiger partial charge in [-0.25, -0.2) is 0 Å². The van der Waals surface area contributed by atoms with Gasteiger partial charge in [-0.1, -0.05) is 74.2 Å². The lowest BCUT2D eigenvalue weighted by Gasteiger charge is -2.25. The lowest BCUT2D eigenvalue weighted by molar-refractivity contribution is -0.146. The molecule has 0 bridgehead atoms. The highest BCUT2D eigenvalue weighted by Gasteiger charge is 2.28. The number of hydrogen-bond acceptors (Lipinski definition) is 17. The quantitative estimate of drug-likeness (QED) is 0.0354. The Kier molecular flexibility index (Phi) is 23.4. The predicted octanol–water partition coefficient (Wildman–Crippen LogP) is 7.12. The van der Waals surface area contributed by atoms with E-state index in [1.54, 1.807) is 29.2 Å². The van der Waals surface area contributed by atoms with Crippen LogP contribution in [0.1, 0.15) is 130 Å². The molecule has 1 N–H and O–H groups in total. The average Bonchev–Trinajstić information content (AvgIpc) is 3.33. The van der Waals surface area contributed by atoms with Crippen LogP contribution in [0, 0.1) is 0 Å². The molecule has 394 valence electrons. The Balaban J connectivity index is 1.45. The van der Waals surface area contributed by atoms with Crippen molar-refractivity contribution in [2.24, 2.45) is 0 Å². The third-order valence-electron chi connectivity index (χ3n) is 10.5. The number of carbonyl (C=O) groups is 10. The summed E-state index contributed by atoms with van der Waals surface area (Å²) in [7, 11) is 0. The zero-order chi connectivity index (χ0) is 54.2. The molecule has 0 spiro atoms. The van der Waals surface area contributed by atoms with Crippen molar-refractivity contribution in [1.29, 1.82) is 0 Å². The number of nitrogens with zero attached hydrogens (tertiary/aromatic N) is 2. The van der Waals surface area contributed by atoms with E-state index < -0.39 is 66.1 Å². The van der Waals surface area contributed by atoms with E-state index in [2.05, 4.69) is 5.32 Å². The second-order valence-corrected chi connectivity index (χ2v) is 16.7. The maximum Gasteiger partial charge on any atom is 0.325 e. The Hall–Kier alpha value is -8.42. The van der Waals surface area contributed by atoms with Gasteiger partial charge in [-0.05, 0) is 67.6 Å². The van der Waals surface area contributed by atoms with Gasteiger partial charge in [0, 0.05) is 67.7 Å². The number of esters is 7. The van der Waals surface area contributed by atoms with E-state index in [4.69, 9.17) is 33.2 Å². The van der Waals surface area contributed by atoms with E-state index in [-0.39, 0.29) is 84.0 Å². The van der Waals surface area contributed by atoms with Crippen LogP contribution in [-0.2, 0) is 44.9 Å². The summed E-state index contributed by atoms with van der Waals surface area (Å²) < 4.78 is 37.1. The Labute approximate surface area is 428 Å². The van der Waals surface area contributed by atoms with Gasteiger partial charge >= 0.3 is 41.8 Å². The zero-order valence-corrected chi connectivity index (χ0v) is 42.3. The molecule has 0 aliphatic rings. The Morgan fingerprint density at radius 3 is 1.22 bits per heavy atom. The third kappa shape index (κ3) is 19.3. The van der Waals surface area contributed by atoms with Crippen LogP contribution in [0.25, 0.3) is 0 Å². The first kappa shape index (κ1) is 58.2. The third-order valence-corrected chi connectivity index (χ3v) is 10.5. The molecule has 20 heteroatoms. The molecule has 0 saturated heterocycles. The number of benzene rings is 4. The molecule has 0 radical (unpaired) electrons. The average molecular weight is 1020 g/mol. The number of para-hydroxylation sites is 3. The van der Waals surface area contributed by atoms with Gasteiger partial charge in [0.15, 0.2) is 34.5 Å². The van der Waals surface area contributed by atoms with E-state index in [0.29, 0.717) is 51.4 Å². The highest BCUT2D eigenvalue weighted by atomic mass is 16.6. The number of amides is 3. The number of carbonyl (C=O) groups excluding carboxylic acids is 10. The molecule has 0 saturated carbocycles. The summed E-state index contributed by atoms with van der Waals surface area (Å²) in [6.45, 7) is 7.24. The Morgan fingerprint density at radius 1 is 0.405 bits per heavy atom. The molecular weight excluding hydrogens is 963 g/mol. The van der Waals surface area contributed by atoms with Gasteiger partial charge in [0.05, 0.1) is 16.7 Å². The summed E-state index contributed by atoms with van der Waals surface area (Å²) in [5.41, 5.74) is 0.602. The van der Waals surface area contributed by atoms with Crippen molar-refractivity contribution in [3.63, 3.8) is 0 Å². The van der Waals surface area contributed by atoms with E-state index >= 15 is 0 Å². The standard InChI is InChI=1S/C54H61N3O17/c1-35(58)69-45-26-18-23-42(49(45)72-38(4)61)52(65)55-29-14-7-8-15-30-56(53(66)43-24-19-27-46(70-36(2)59)50(43)73-39(5)62)31-16-9-10-17-32-57(33-48(64)68-34-41-21-12-11-13-22-41)54(67)44-25-20-28-47(71-37(3)60)51(44)74-40(6)63/h11-13,18-28H,7-10,14-17,29-34H2,1-6H3,(H,55,65). The van der Waals surface area contributed by atoms with Crippen LogP contribution in [0.3, 0.4) is 0 Å².